The second-order valence-electron chi connectivity index (χ2n) is 1.72. The van der Waals surface area contributed by atoms with Crippen molar-refractivity contribution in [2.75, 3.05) is 6.61 Å². The molecule has 0 aromatic carbocycles. The molecule has 0 spiro atoms. The van der Waals surface area contributed by atoms with Gasteiger partial charge in [-0.05, 0) is 13.8 Å². The number of hydrogen-bond donors (Lipinski definition) is 0. The molecule has 0 saturated heterocycles. The van der Waals surface area contributed by atoms with E-state index >= 15 is 0 Å². The Morgan fingerprint density at radius 1 is 1.64 bits per heavy atom. The summed E-state index contributed by atoms with van der Waals surface area (Å²) in [6, 6.07) is 0. The van der Waals surface area contributed by atoms with Gasteiger partial charge in [0.15, 0.2) is 0 Å². The van der Waals surface area contributed by atoms with E-state index in [1.54, 1.807) is 6.92 Å². The Morgan fingerprint density at radius 2 is 2.18 bits per heavy atom. The van der Waals surface area contributed by atoms with Crippen molar-refractivity contribution in [3.05, 3.63) is 0 Å². The zero-order valence-corrected chi connectivity index (χ0v) is 7.22. The van der Waals surface area contributed by atoms with Crippen LogP contribution in [0.15, 0.2) is 0 Å². The first-order valence-electron chi connectivity index (χ1n) is 3.05. The van der Waals surface area contributed by atoms with Crippen LogP contribution < -0.4 is 0 Å². The number of terminal acetylenes is 1. The van der Waals surface area contributed by atoms with Crippen LogP contribution >= 0.6 is 0 Å². The maximum absolute atomic E-state index is 10.7. The van der Waals surface area contributed by atoms with E-state index in [0.29, 0.717) is 0 Å². The van der Waals surface area contributed by atoms with Gasteiger partial charge in [-0.15, -0.1) is 6.42 Å². The van der Waals surface area contributed by atoms with Gasteiger partial charge in [0.25, 0.3) is 0 Å². The van der Waals surface area contributed by atoms with E-state index in [9.17, 15) is 8.42 Å². The average molecular weight is 178 g/mol. The molecule has 0 radical (unpaired) electrons. The summed E-state index contributed by atoms with van der Waals surface area (Å²) in [6.45, 7) is 3.03. The highest BCUT2D eigenvalue weighted by Gasteiger charge is 2.13. The molecule has 4 nitrogen and oxygen atoms in total. The fourth-order valence-corrected chi connectivity index (χ4v) is 1.13. The molecule has 1 unspecified atom stereocenters. The van der Waals surface area contributed by atoms with E-state index in [0.717, 1.165) is 0 Å². The largest absolute Gasteiger partial charge is 0.401 e. The van der Waals surface area contributed by atoms with Crippen molar-refractivity contribution in [3.63, 3.8) is 0 Å². The maximum atomic E-state index is 10.7. The zero-order chi connectivity index (χ0) is 8.91. The summed E-state index contributed by atoms with van der Waals surface area (Å²) < 4.78 is 29.9. The zero-order valence-electron chi connectivity index (χ0n) is 6.40. The smallest absolute Gasteiger partial charge is 0.248 e. The third-order valence-electron chi connectivity index (χ3n) is 0.759. The molecule has 0 saturated carbocycles. The second kappa shape index (κ2) is 4.34. The quantitative estimate of drug-likeness (QED) is 0.581. The lowest BCUT2D eigenvalue weighted by Crippen LogP contribution is -2.15. The van der Waals surface area contributed by atoms with E-state index in [4.69, 9.17) is 6.42 Å². The molecule has 0 bridgehead atoms. The Balaban J connectivity index is 4.05. The first-order chi connectivity index (χ1) is 5.02. The van der Waals surface area contributed by atoms with Crippen LogP contribution in [0, 0.1) is 12.3 Å². The van der Waals surface area contributed by atoms with Gasteiger partial charge in [-0.2, -0.15) is 8.42 Å². The minimum atomic E-state index is -3.89. The van der Waals surface area contributed by atoms with Crippen LogP contribution in [0.3, 0.4) is 0 Å². The van der Waals surface area contributed by atoms with Crippen molar-refractivity contribution in [2.45, 2.75) is 20.0 Å². The minimum Gasteiger partial charge on any atom is -0.248 e. The minimum absolute atomic E-state index is 0.0413. The molecule has 0 aromatic heterocycles. The molecular weight excluding hydrogens is 168 g/mol. The lowest BCUT2D eigenvalue weighted by Gasteiger charge is -2.05. The summed E-state index contributed by atoms with van der Waals surface area (Å²) in [7, 11) is -3.89. The highest BCUT2D eigenvalue weighted by molar-refractivity contribution is 7.81. The molecule has 0 N–H and O–H groups in total. The number of hydrogen-bond acceptors (Lipinski definition) is 4. The monoisotopic (exact) mass is 178 g/mol. The van der Waals surface area contributed by atoms with Crippen LogP contribution in [0.1, 0.15) is 13.8 Å². The Labute approximate surface area is 66.8 Å². The van der Waals surface area contributed by atoms with Crippen LogP contribution in [0.25, 0.3) is 0 Å². The van der Waals surface area contributed by atoms with Crippen molar-refractivity contribution >= 4 is 10.4 Å². The van der Waals surface area contributed by atoms with Crippen molar-refractivity contribution in [1.29, 1.82) is 0 Å². The Kier molecular flexibility index (Phi) is 4.11. The molecule has 0 aliphatic carbocycles. The normalized spacial score (nSPS) is 13.9. The summed E-state index contributed by atoms with van der Waals surface area (Å²) >= 11 is 0. The summed E-state index contributed by atoms with van der Waals surface area (Å²) in [5, 5.41) is 0. The van der Waals surface area contributed by atoms with Gasteiger partial charge >= 0.3 is 10.4 Å². The molecule has 0 aromatic rings. The van der Waals surface area contributed by atoms with Gasteiger partial charge in [-0.3, -0.25) is 0 Å². The molecule has 0 heterocycles. The lowest BCUT2D eigenvalue weighted by atomic mass is 10.4. The number of rotatable bonds is 4. The van der Waals surface area contributed by atoms with E-state index in [1.807, 2.05) is 0 Å². The molecule has 64 valence electrons. The third kappa shape index (κ3) is 4.79. The summed E-state index contributed by atoms with van der Waals surface area (Å²) in [4.78, 5) is 0. The fraction of sp³-hybridized carbons (Fsp3) is 0.667. The van der Waals surface area contributed by atoms with E-state index in [1.165, 1.54) is 6.92 Å². The first kappa shape index (κ1) is 10.4. The van der Waals surface area contributed by atoms with Gasteiger partial charge in [0.05, 0.1) is 6.61 Å². The molecule has 0 amide bonds. The highest BCUT2D eigenvalue weighted by Crippen LogP contribution is 1.99. The topological polar surface area (TPSA) is 52.6 Å². The molecule has 0 rings (SSSR count). The maximum Gasteiger partial charge on any atom is 0.401 e. The molecule has 0 fully saturated rings. The summed E-state index contributed by atoms with van der Waals surface area (Å²) in [5.41, 5.74) is 0. The van der Waals surface area contributed by atoms with Gasteiger partial charge in [0, 0.05) is 0 Å². The Hall–Kier alpha value is -0.570. The molecule has 5 heteroatoms. The van der Waals surface area contributed by atoms with Crippen molar-refractivity contribution in [2.24, 2.45) is 0 Å². The van der Waals surface area contributed by atoms with Crippen molar-refractivity contribution in [3.8, 4) is 12.3 Å². The van der Waals surface area contributed by atoms with Crippen LogP contribution in [-0.4, -0.2) is 21.1 Å². The van der Waals surface area contributed by atoms with Gasteiger partial charge in [-0.1, -0.05) is 5.92 Å². The second-order valence-corrected chi connectivity index (χ2v) is 2.96. The summed E-state index contributed by atoms with van der Waals surface area (Å²) in [5.74, 6) is 2.10. The van der Waals surface area contributed by atoms with Crippen molar-refractivity contribution in [1.82, 2.24) is 0 Å². The SMILES string of the molecule is C#CC(C)OS(=O)(=O)OCC. The lowest BCUT2D eigenvalue weighted by molar-refractivity contribution is 0.203. The van der Waals surface area contributed by atoms with E-state index in [-0.39, 0.29) is 6.61 Å². The van der Waals surface area contributed by atoms with E-state index in [2.05, 4.69) is 14.3 Å². The molecule has 0 aliphatic heterocycles. The standard InChI is InChI=1S/C6H10O4S/c1-4-6(3)10-11(7,8)9-5-2/h1,6H,5H2,2-3H3. The predicted octanol–water partition coefficient (Wildman–Crippen LogP) is 0.306. The van der Waals surface area contributed by atoms with Crippen LogP contribution in [0.2, 0.25) is 0 Å². The fourth-order valence-electron chi connectivity index (χ4n) is 0.377. The van der Waals surface area contributed by atoms with Crippen LogP contribution in [0.5, 0.6) is 0 Å². The Bertz CT molecular complexity index is 236. The van der Waals surface area contributed by atoms with Gasteiger partial charge in [0.1, 0.15) is 6.10 Å². The highest BCUT2D eigenvalue weighted by atomic mass is 32.3. The molecular formula is C6H10O4S. The van der Waals surface area contributed by atoms with Crippen LogP contribution in [-0.2, 0) is 18.8 Å². The molecule has 11 heavy (non-hydrogen) atoms. The third-order valence-corrected chi connectivity index (χ3v) is 1.81. The van der Waals surface area contributed by atoms with E-state index < -0.39 is 16.5 Å². The first-order valence-corrected chi connectivity index (χ1v) is 4.39. The Morgan fingerprint density at radius 3 is 2.55 bits per heavy atom. The molecule has 0 aliphatic rings. The summed E-state index contributed by atoms with van der Waals surface area (Å²) in [6.07, 6.45) is 4.09. The van der Waals surface area contributed by atoms with Crippen LogP contribution in [0.4, 0.5) is 0 Å². The molecule has 1 atom stereocenters. The van der Waals surface area contributed by atoms with Crippen molar-refractivity contribution < 1.29 is 16.8 Å². The van der Waals surface area contributed by atoms with Gasteiger partial charge in [-0.25, -0.2) is 8.37 Å². The van der Waals surface area contributed by atoms with Gasteiger partial charge in [0.2, 0.25) is 0 Å². The average Bonchev–Trinajstić information content (AvgIpc) is 1.86. The van der Waals surface area contributed by atoms with Gasteiger partial charge < -0.3 is 0 Å². The predicted molar refractivity (Wildman–Crippen MR) is 39.9 cm³/mol.